The summed E-state index contributed by atoms with van der Waals surface area (Å²) < 4.78 is 22.7. The van der Waals surface area contributed by atoms with Gasteiger partial charge in [0.15, 0.2) is 0 Å². The molecular weight excluding hydrogens is 742 g/mol. The van der Waals surface area contributed by atoms with Crippen LogP contribution in [-0.2, 0) is 35.0 Å². The normalized spacial score (nSPS) is 24.9. The lowest BCUT2D eigenvalue weighted by atomic mass is 9.82. The Morgan fingerprint density at radius 3 is 2.31 bits per heavy atom. The van der Waals surface area contributed by atoms with E-state index in [4.69, 9.17) is 30.5 Å². The maximum absolute atomic E-state index is 13.6. The average molecular weight is 811 g/mol. The zero-order chi connectivity index (χ0) is 42.0. The maximum atomic E-state index is 13.6. The van der Waals surface area contributed by atoms with E-state index in [0.29, 0.717) is 42.1 Å². The Labute approximate surface area is 341 Å². The molecule has 0 saturated carbocycles. The first kappa shape index (κ1) is 49.8. The number of alkyl carbamates (subject to hydrolysis) is 1. The lowest BCUT2D eigenvalue weighted by Crippen LogP contribution is -2.51. The molecule has 1 aromatic carbocycles. The first-order valence-electron chi connectivity index (χ1n) is 19.3. The Hall–Kier alpha value is -3.22. The Balaban J connectivity index is 0.000000851. The molecule has 11 nitrogen and oxygen atoms in total. The molecule has 1 N–H and O–H groups in total. The molecule has 0 spiro atoms. The zero-order valence-corrected chi connectivity index (χ0v) is 37.1. The van der Waals surface area contributed by atoms with Gasteiger partial charge in [-0.25, -0.2) is 4.79 Å². The molecule has 0 aliphatic carbocycles. The average Bonchev–Trinajstić information content (AvgIpc) is 3.11. The van der Waals surface area contributed by atoms with Crippen molar-refractivity contribution in [3.05, 3.63) is 46.5 Å². The molecule has 1 fully saturated rings. The SMILES string of the molecule is CCC.CCN(C)C(=O)CCC(C)(C)S.COc1cc2cc(c1Cl)N(C)C(=O)CC(OC(C)=O)C(C)C(OC)C(C)C1CC(C/C=C/C=C(\C)C2)NC(=O)O1. The van der Waals surface area contributed by atoms with E-state index in [-0.39, 0.29) is 34.9 Å². The number of nitrogens with one attached hydrogen (secondary N) is 1. The second-order valence-corrected chi connectivity index (χ2v) is 16.7. The Kier molecular flexibility index (Phi) is 22.1. The van der Waals surface area contributed by atoms with Crippen molar-refractivity contribution >= 4 is 53.8 Å². The zero-order valence-electron chi connectivity index (χ0n) is 35.5. The van der Waals surface area contributed by atoms with Crippen LogP contribution in [-0.4, -0.2) is 92.7 Å². The molecule has 2 aliphatic heterocycles. The number of ether oxygens (including phenoxy) is 4. The molecule has 1 saturated heterocycles. The summed E-state index contributed by atoms with van der Waals surface area (Å²) in [5.74, 6) is -0.745. The van der Waals surface area contributed by atoms with Gasteiger partial charge in [0.05, 0.1) is 25.3 Å². The van der Waals surface area contributed by atoms with Crippen molar-refractivity contribution in [2.24, 2.45) is 11.8 Å². The maximum Gasteiger partial charge on any atom is 0.407 e. The minimum Gasteiger partial charge on any atom is -0.495 e. The standard InChI is InChI=1S/C30H41ClN2O7.C9H19NOS.C3H8/c1-17-10-8-9-11-22-15-24(40-30(36)32-22)18(2)29(38-7)19(3)25(39-20(4)34)16-27(35)33(5)23-13-21(12-17)14-26(37-6)28(23)31;1-5-10(4)8(11)6-7-9(2,3)12;1-3-2/h8-10,13-14,18-19,22,24-25,29H,11-12,15-16H2,1-7H3,(H,32,36);12H,5-7H2,1-4H3;3H2,1-2H3/b9-8+,17-10+;;. The third kappa shape index (κ3) is 17.2. The van der Waals surface area contributed by atoms with E-state index < -0.39 is 36.3 Å². The van der Waals surface area contributed by atoms with E-state index in [9.17, 15) is 19.2 Å². The molecule has 0 radical (unpaired) electrons. The molecule has 6 atom stereocenters. The number of methoxy groups -OCH3 is 2. The molecule has 3 rings (SSSR count). The van der Waals surface area contributed by atoms with Crippen LogP contribution in [0.5, 0.6) is 5.75 Å². The summed E-state index contributed by atoms with van der Waals surface area (Å²) in [6.07, 6.45) is 8.34. The van der Waals surface area contributed by atoms with Crippen LogP contribution in [0.15, 0.2) is 35.9 Å². The highest BCUT2D eigenvalue weighted by atomic mass is 35.5. The molecule has 0 aromatic heterocycles. The molecule has 6 unspecified atom stereocenters. The number of benzene rings is 1. The molecular formula is C42H68ClN3O8S. The summed E-state index contributed by atoms with van der Waals surface area (Å²) in [7, 11) is 6.57. The van der Waals surface area contributed by atoms with Crippen LogP contribution >= 0.6 is 24.2 Å². The molecule has 1 aromatic rings. The lowest BCUT2D eigenvalue weighted by molar-refractivity contribution is -0.155. The molecule has 2 heterocycles. The highest BCUT2D eigenvalue weighted by Crippen LogP contribution is 2.37. The highest BCUT2D eigenvalue weighted by Gasteiger charge is 2.40. The van der Waals surface area contributed by atoms with Crippen molar-refractivity contribution in [2.45, 2.75) is 136 Å². The number of halogens is 1. The van der Waals surface area contributed by atoms with Gasteiger partial charge in [-0.1, -0.05) is 83.4 Å². The molecule has 55 heavy (non-hydrogen) atoms. The van der Waals surface area contributed by atoms with Gasteiger partial charge in [0.25, 0.3) is 0 Å². The van der Waals surface area contributed by atoms with Crippen LogP contribution < -0.4 is 15.0 Å². The first-order valence-corrected chi connectivity index (χ1v) is 20.1. The van der Waals surface area contributed by atoms with Gasteiger partial charge >= 0.3 is 12.1 Å². The van der Waals surface area contributed by atoms with E-state index in [2.05, 4.69) is 31.8 Å². The van der Waals surface area contributed by atoms with Crippen molar-refractivity contribution in [1.29, 1.82) is 0 Å². The third-order valence-electron chi connectivity index (χ3n) is 9.58. The van der Waals surface area contributed by atoms with Gasteiger partial charge in [0.1, 0.15) is 23.0 Å². The smallest absolute Gasteiger partial charge is 0.407 e. The number of anilines is 1. The summed E-state index contributed by atoms with van der Waals surface area (Å²) in [6, 6.07) is 3.63. The van der Waals surface area contributed by atoms with Gasteiger partial charge in [-0.2, -0.15) is 12.6 Å². The first-order chi connectivity index (χ1) is 25.7. The van der Waals surface area contributed by atoms with E-state index in [1.54, 1.807) is 19.1 Å². The van der Waals surface area contributed by atoms with Crippen LogP contribution in [0, 0.1) is 11.8 Å². The van der Waals surface area contributed by atoms with E-state index in [1.165, 1.54) is 25.4 Å². The van der Waals surface area contributed by atoms with Crippen LogP contribution in [0.25, 0.3) is 0 Å². The number of fused-ring (bicyclic) bond motifs is 4. The van der Waals surface area contributed by atoms with Crippen molar-refractivity contribution in [3.8, 4) is 5.75 Å². The van der Waals surface area contributed by atoms with Crippen molar-refractivity contribution in [2.75, 3.05) is 39.8 Å². The number of amides is 3. The minimum absolute atomic E-state index is 0.0375. The Morgan fingerprint density at radius 1 is 1.13 bits per heavy atom. The minimum atomic E-state index is -0.785. The predicted molar refractivity (Wildman–Crippen MR) is 225 cm³/mol. The molecule has 2 aliphatic rings. The number of carbonyl (C=O) groups is 4. The van der Waals surface area contributed by atoms with E-state index in [0.717, 1.165) is 24.1 Å². The number of thiol groups is 1. The van der Waals surface area contributed by atoms with Crippen molar-refractivity contribution < 1.29 is 38.1 Å². The third-order valence-corrected chi connectivity index (χ3v) is 10.2. The largest absolute Gasteiger partial charge is 0.495 e. The second kappa shape index (κ2) is 24.4. The van der Waals surface area contributed by atoms with Gasteiger partial charge in [0.2, 0.25) is 11.8 Å². The number of hydrogen-bond acceptors (Lipinski definition) is 9. The predicted octanol–water partition coefficient (Wildman–Crippen LogP) is 8.61. The number of esters is 1. The van der Waals surface area contributed by atoms with Gasteiger partial charge in [0, 0.05) is 70.1 Å². The van der Waals surface area contributed by atoms with E-state index in [1.807, 2.05) is 79.0 Å². The van der Waals surface area contributed by atoms with Crippen LogP contribution in [0.2, 0.25) is 5.02 Å². The highest BCUT2D eigenvalue weighted by molar-refractivity contribution is 7.81. The quantitative estimate of drug-likeness (QED) is 0.208. The summed E-state index contributed by atoms with van der Waals surface area (Å²) in [6.45, 7) is 18.2. The molecule has 3 amide bonds. The molecule has 13 heteroatoms. The van der Waals surface area contributed by atoms with Gasteiger partial charge in [-0.3, -0.25) is 14.4 Å². The number of nitrogens with zero attached hydrogens (tertiary/aromatic N) is 2. The second-order valence-electron chi connectivity index (χ2n) is 15.2. The summed E-state index contributed by atoms with van der Waals surface area (Å²) in [5, 5.41) is 3.22. The monoisotopic (exact) mass is 809 g/mol. The number of allylic oxidation sites excluding steroid dienone is 3. The fourth-order valence-corrected chi connectivity index (χ4v) is 6.72. The van der Waals surface area contributed by atoms with Crippen LogP contribution in [0.4, 0.5) is 10.5 Å². The summed E-state index contributed by atoms with van der Waals surface area (Å²) in [5.41, 5.74) is 2.52. The summed E-state index contributed by atoms with van der Waals surface area (Å²) in [4.78, 5) is 52.6. The van der Waals surface area contributed by atoms with E-state index >= 15 is 0 Å². The van der Waals surface area contributed by atoms with Crippen molar-refractivity contribution in [3.63, 3.8) is 0 Å². The Morgan fingerprint density at radius 2 is 1.76 bits per heavy atom. The number of rotatable bonds is 7. The molecule has 312 valence electrons. The topological polar surface area (TPSA) is 124 Å². The van der Waals surface area contributed by atoms with Gasteiger partial charge in [-0.05, 0) is 50.8 Å². The molecule has 4 bridgehead atoms. The fraction of sp³-hybridized carbons (Fsp3) is 0.667. The van der Waals surface area contributed by atoms with Gasteiger partial charge < -0.3 is 34.1 Å². The number of carbonyl (C=O) groups excluding carboxylic acids is 4. The Bertz CT molecular complexity index is 1460. The van der Waals surface area contributed by atoms with Crippen LogP contribution in [0.1, 0.15) is 106 Å². The summed E-state index contributed by atoms with van der Waals surface area (Å²) >= 11 is 11.0. The number of hydrogen-bond donors (Lipinski definition) is 2. The van der Waals surface area contributed by atoms with Crippen LogP contribution in [0.3, 0.4) is 0 Å². The lowest BCUT2D eigenvalue weighted by Gasteiger charge is -2.39. The van der Waals surface area contributed by atoms with Crippen molar-refractivity contribution in [1.82, 2.24) is 10.2 Å². The fourth-order valence-electron chi connectivity index (χ4n) is 6.29. The van der Waals surface area contributed by atoms with Gasteiger partial charge in [-0.15, -0.1) is 0 Å².